The number of hydrogen-bond donors (Lipinski definition) is 1. The molecule has 2 aromatic rings. The molecule has 1 heterocycles. The Hall–Kier alpha value is -2.78. The summed E-state index contributed by atoms with van der Waals surface area (Å²) in [7, 11) is 0.497. The smallest absolute Gasteiger partial charge is 0.244 e. The highest BCUT2D eigenvalue weighted by molar-refractivity contribution is 7.89. The molecule has 0 aromatic heterocycles. The van der Waals surface area contributed by atoms with Gasteiger partial charge in [0.2, 0.25) is 15.9 Å². The van der Waals surface area contributed by atoms with Gasteiger partial charge in [0.1, 0.15) is 22.1 Å². The summed E-state index contributed by atoms with van der Waals surface area (Å²) in [6.07, 6.45) is 0.0670. The first-order valence-corrected chi connectivity index (χ1v) is 10.0. The summed E-state index contributed by atoms with van der Waals surface area (Å²) >= 11 is 0. The Bertz CT molecular complexity index is 959. The zero-order chi connectivity index (χ0) is 20.3. The highest BCUT2D eigenvalue weighted by atomic mass is 32.2. The molecule has 150 valence electrons. The third-order valence-electron chi connectivity index (χ3n) is 4.49. The molecule has 0 bridgehead atoms. The van der Waals surface area contributed by atoms with E-state index >= 15 is 0 Å². The lowest BCUT2D eigenvalue weighted by atomic mass is 10.3. The van der Waals surface area contributed by atoms with Crippen LogP contribution in [0.5, 0.6) is 17.2 Å². The van der Waals surface area contributed by atoms with Crippen molar-refractivity contribution in [2.75, 3.05) is 32.8 Å². The summed E-state index contributed by atoms with van der Waals surface area (Å²) in [6, 6.07) is 11.0. The molecule has 0 saturated carbocycles. The topological polar surface area (TPSA) is 94.2 Å². The van der Waals surface area contributed by atoms with Crippen LogP contribution in [0.15, 0.2) is 47.4 Å². The third-order valence-corrected chi connectivity index (χ3v) is 6.03. The van der Waals surface area contributed by atoms with Crippen LogP contribution in [0.2, 0.25) is 0 Å². The van der Waals surface area contributed by atoms with Gasteiger partial charge in [-0.1, -0.05) is 0 Å². The van der Waals surface area contributed by atoms with Crippen molar-refractivity contribution in [1.29, 1.82) is 0 Å². The van der Waals surface area contributed by atoms with Crippen molar-refractivity contribution >= 4 is 21.6 Å². The van der Waals surface area contributed by atoms with Gasteiger partial charge >= 0.3 is 0 Å². The molecule has 3 rings (SSSR count). The quantitative estimate of drug-likeness (QED) is 0.754. The number of carbonyl (C=O) groups is 1. The average Bonchev–Trinajstić information content (AvgIpc) is 3.06. The Morgan fingerprint density at radius 1 is 0.964 bits per heavy atom. The molecular formula is C19H22N2O6S. The molecule has 1 atom stereocenters. The predicted octanol–water partition coefficient (Wildman–Crippen LogP) is 1.80. The van der Waals surface area contributed by atoms with Crippen LogP contribution in [0.25, 0.3) is 0 Å². The summed E-state index contributed by atoms with van der Waals surface area (Å²) in [5.41, 5.74) is 0.687. The largest absolute Gasteiger partial charge is 0.497 e. The van der Waals surface area contributed by atoms with Gasteiger partial charge in [0.25, 0.3) is 0 Å². The molecule has 0 aliphatic carbocycles. The van der Waals surface area contributed by atoms with Gasteiger partial charge in [0.15, 0.2) is 0 Å². The molecule has 28 heavy (non-hydrogen) atoms. The van der Waals surface area contributed by atoms with E-state index in [1.54, 1.807) is 42.3 Å². The van der Waals surface area contributed by atoms with Crippen LogP contribution in [-0.4, -0.2) is 48.2 Å². The van der Waals surface area contributed by atoms with E-state index in [1.165, 1.54) is 26.4 Å². The summed E-state index contributed by atoms with van der Waals surface area (Å²) in [4.78, 5) is 13.9. The maximum atomic E-state index is 12.9. The van der Waals surface area contributed by atoms with Crippen LogP contribution in [0.1, 0.15) is 6.42 Å². The number of sulfonamides is 1. The van der Waals surface area contributed by atoms with E-state index in [2.05, 4.69) is 4.72 Å². The first-order chi connectivity index (χ1) is 13.4. The monoisotopic (exact) mass is 406 g/mol. The Labute approximate surface area is 164 Å². The van der Waals surface area contributed by atoms with Crippen molar-refractivity contribution in [1.82, 2.24) is 4.72 Å². The zero-order valence-electron chi connectivity index (χ0n) is 15.8. The van der Waals surface area contributed by atoms with Gasteiger partial charge in [-0.2, -0.15) is 0 Å². The van der Waals surface area contributed by atoms with Crippen LogP contribution in [0.4, 0.5) is 5.69 Å². The Morgan fingerprint density at radius 3 is 2.21 bits per heavy atom. The Morgan fingerprint density at radius 2 is 1.61 bits per heavy atom. The fourth-order valence-corrected chi connectivity index (χ4v) is 4.49. The maximum Gasteiger partial charge on any atom is 0.244 e. The van der Waals surface area contributed by atoms with E-state index in [-0.39, 0.29) is 29.5 Å². The van der Waals surface area contributed by atoms with Crippen LogP contribution in [0.3, 0.4) is 0 Å². The molecule has 8 nitrogen and oxygen atoms in total. The predicted molar refractivity (Wildman–Crippen MR) is 104 cm³/mol. The minimum Gasteiger partial charge on any atom is -0.497 e. The highest BCUT2D eigenvalue weighted by Gasteiger charge is 2.34. The molecule has 1 amide bonds. The van der Waals surface area contributed by atoms with Gasteiger partial charge in [-0.05, 0) is 36.4 Å². The molecule has 0 unspecified atom stereocenters. The summed E-state index contributed by atoms with van der Waals surface area (Å²) in [5.74, 6) is 1.11. The van der Waals surface area contributed by atoms with E-state index in [0.29, 0.717) is 17.2 Å². The fraction of sp³-hybridized carbons (Fsp3) is 0.316. The molecule has 2 aromatic carbocycles. The summed E-state index contributed by atoms with van der Waals surface area (Å²) < 4.78 is 43.7. The summed E-state index contributed by atoms with van der Waals surface area (Å²) in [6.45, 7) is 0.233. The average molecular weight is 406 g/mol. The molecule has 1 aliphatic heterocycles. The van der Waals surface area contributed by atoms with Gasteiger partial charge in [0, 0.05) is 30.8 Å². The van der Waals surface area contributed by atoms with Crippen molar-refractivity contribution in [2.45, 2.75) is 17.4 Å². The Kier molecular flexibility index (Phi) is 5.76. The molecule has 0 radical (unpaired) electrons. The SMILES string of the molecule is COc1ccc(N2C[C@@H](NS(=O)(=O)c3cc(OC)ccc3OC)CC2=O)cc1. The molecule has 9 heteroatoms. The van der Waals surface area contributed by atoms with E-state index in [9.17, 15) is 13.2 Å². The number of nitrogens with zero attached hydrogens (tertiary/aromatic N) is 1. The number of amides is 1. The van der Waals surface area contributed by atoms with Crippen LogP contribution in [0, 0.1) is 0 Å². The lowest BCUT2D eigenvalue weighted by Crippen LogP contribution is -2.37. The first-order valence-electron chi connectivity index (χ1n) is 8.56. The number of methoxy groups -OCH3 is 3. The molecule has 1 aliphatic rings. The van der Waals surface area contributed by atoms with Crippen LogP contribution < -0.4 is 23.8 Å². The Balaban J connectivity index is 1.79. The number of rotatable bonds is 7. The molecule has 1 saturated heterocycles. The third kappa shape index (κ3) is 4.05. The van der Waals surface area contributed by atoms with Crippen molar-refractivity contribution < 1.29 is 27.4 Å². The lowest BCUT2D eigenvalue weighted by Gasteiger charge is -2.18. The number of benzene rings is 2. The minimum atomic E-state index is -3.91. The van der Waals surface area contributed by atoms with Gasteiger partial charge in [0.05, 0.1) is 21.3 Å². The van der Waals surface area contributed by atoms with Crippen LogP contribution in [-0.2, 0) is 14.8 Å². The van der Waals surface area contributed by atoms with Crippen molar-refractivity contribution in [3.63, 3.8) is 0 Å². The fourth-order valence-electron chi connectivity index (χ4n) is 3.08. The van der Waals surface area contributed by atoms with E-state index < -0.39 is 16.1 Å². The number of anilines is 1. The second kappa shape index (κ2) is 8.07. The molecule has 1 N–H and O–H groups in total. The van der Waals surface area contributed by atoms with Crippen molar-refractivity contribution in [3.05, 3.63) is 42.5 Å². The van der Waals surface area contributed by atoms with E-state index in [4.69, 9.17) is 14.2 Å². The van der Waals surface area contributed by atoms with E-state index in [0.717, 1.165) is 0 Å². The molecule has 0 spiro atoms. The zero-order valence-corrected chi connectivity index (χ0v) is 16.7. The highest BCUT2D eigenvalue weighted by Crippen LogP contribution is 2.29. The van der Waals surface area contributed by atoms with Gasteiger partial charge < -0.3 is 19.1 Å². The lowest BCUT2D eigenvalue weighted by molar-refractivity contribution is -0.117. The molecular weight excluding hydrogens is 384 g/mol. The molecule has 1 fully saturated rings. The van der Waals surface area contributed by atoms with E-state index in [1.807, 2.05) is 0 Å². The number of carbonyl (C=O) groups excluding carboxylic acids is 1. The van der Waals surface area contributed by atoms with Gasteiger partial charge in [-0.3, -0.25) is 4.79 Å². The number of ether oxygens (including phenoxy) is 3. The van der Waals surface area contributed by atoms with Crippen molar-refractivity contribution in [3.8, 4) is 17.2 Å². The second-order valence-corrected chi connectivity index (χ2v) is 7.92. The van der Waals surface area contributed by atoms with Crippen molar-refractivity contribution in [2.24, 2.45) is 0 Å². The standard InChI is InChI=1S/C19H22N2O6S/c1-25-15-6-4-14(5-7-15)21-12-13(10-19(21)22)20-28(23,24)18-11-16(26-2)8-9-17(18)27-3/h4-9,11,13,20H,10,12H2,1-3H3/t13-/m0/s1. The number of hydrogen-bond acceptors (Lipinski definition) is 6. The van der Waals surface area contributed by atoms with Gasteiger partial charge in [-0.15, -0.1) is 0 Å². The van der Waals surface area contributed by atoms with Gasteiger partial charge in [-0.25, -0.2) is 13.1 Å². The summed E-state index contributed by atoms with van der Waals surface area (Å²) in [5, 5.41) is 0. The maximum absolute atomic E-state index is 12.9. The number of nitrogens with one attached hydrogen (secondary N) is 1. The van der Waals surface area contributed by atoms with Crippen LogP contribution >= 0.6 is 0 Å². The normalized spacial score (nSPS) is 16.9. The second-order valence-electron chi connectivity index (χ2n) is 6.24. The minimum absolute atomic E-state index is 0.0373. The first kappa shape index (κ1) is 20.0.